The molecule has 262 valence electrons. The zero-order valence-electron chi connectivity index (χ0n) is 28.6. The zero-order valence-corrected chi connectivity index (χ0v) is 30.1. The first-order chi connectivity index (χ1) is 23.8. The van der Waals surface area contributed by atoms with E-state index in [4.69, 9.17) is 25.8 Å². The number of hydrogen-bond acceptors (Lipinski definition) is 10. The smallest absolute Gasteiger partial charge is 0.350 e. The van der Waals surface area contributed by atoms with E-state index in [0.717, 1.165) is 35.4 Å². The quantitative estimate of drug-likeness (QED) is 0.112. The number of benzene rings is 3. The molecule has 50 heavy (non-hydrogen) atoms. The van der Waals surface area contributed by atoms with Crippen molar-refractivity contribution in [3.05, 3.63) is 119 Å². The van der Waals surface area contributed by atoms with Gasteiger partial charge in [0.25, 0.3) is 5.24 Å². The molecular weight excluding hydrogens is 678 g/mol. The van der Waals surface area contributed by atoms with Gasteiger partial charge in [0.1, 0.15) is 23.9 Å². The molecule has 4 aromatic rings. The fourth-order valence-corrected chi connectivity index (χ4v) is 5.58. The Balaban J connectivity index is 0.000000225. The number of pyridine rings is 1. The molecule has 0 radical (unpaired) electrons. The highest BCUT2D eigenvalue weighted by molar-refractivity contribution is 8.15. The number of hydrogen-bond donors (Lipinski definition) is 1. The monoisotopic (exact) mass is 717 g/mol. The van der Waals surface area contributed by atoms with Crippen LogP contribution in [0.4, 0.5) is 10.6 Å². The van der Waals surface area contributed by atoms with Gasteiger partial charge < -0.3 is 19.1 Å². The summed E-state index contributed by atoms with van der Waals surface area (Å²) >= 11 is 6.88. The number of nitrogens with zero attached hydrogens (tertiary/aromatic N) is 2. The van der Waals surface area contributed by atoms with Crippen LogP contribution in [0, 0.1) is 0 Å². The summed E-state index contributed by atoms with van der Waals surface area (Å²) in [5.74, 6) is 1.40. The van der Waals surface area contributed by atoms with Gasteiger partial charge in [-0.25, -0.2) is 9.78 Å². The topological polar surface area (TPSA) is 124 Å². The molecule has 1 aliphatic heterocycles. The number of halogens is 1. The molecule has 0 bridgehead atoms. The van der Waals surface area contributed by atoms with Crippen LogP contribution in [0.1, 0.15) is 49.2 Å². The SMILES string of the molecule is CC(C)OC(=O)C(C)(C)Oc1ccc(C(=O)c2ccc(Cl)cc2)cc1.CN(CCOc1ccc(CC2SC(=O)NC2=O)cc1)c1ccccn1. The summed E-state index contributed by atoms with van der Waals surface area (Å²) in [6.45, 7) is 8.12. The molecule has 1 N–H and O–H groups in total. The van der Waals surface area contributed by atoms with Crippen LogP contribution in [-0.2, 0) is 20.7 Å². The van der Waals surface area contributed by atoms with Crippen LogP contribution < -0.4 is 19.7 Å². The fourth-order valence-electron chi connectivity index (χ4n) is 4.59. The van der Waals surface area contributed by atoms with Gasteiger partial charge in [0.05, 0.1) is 17.9 Å². The van der Waals surface area contributed by atoms with Crippen LogP contribution in [0.5, 0.6) is 11.5 Å². The van der Waals surface area contributed by atoms with Gasteiger partial charge in [0, 0.05) is 29.4 Å². The highest BCUT2D eigenvalue weighted by Crippen LogP contribution is 2.25. The lowest BCUT2D eigenvalue weighted by atomic mass is 10.0. The van der Waals surface area contributed by atoms with Crippen LogP contribution in [0.25, 0.3) is 0 Å². The first-order valence-electron chi connectivity index (χ1n) is 16.0. The number of ether oxygens (including phenoxy) is 3. The van der Waals surface area contributed by atoms with Gasteiger partial charge in [-0.2, -0.15) is 0 Å². The second-order valence-corrected chi connectivity index (χ2v) is 13.7. The number of anilines is 1. The summed E-state index contributed by atoms with van der Waals surface area (Å²) in [4.78, 5) is 53.6. The fraction of sp³-hybridized carbons (Fsp3) is 0.289. The lowest BCUT2D eigenvalue weighted by Crippen LogP contribution is -2.40. The maximum Gasteiger partial charge on any atom is 0.350 e. The number of imide groups is 1. The highest BCUT2D eigenvalue weighted by atomic mass is 35.5. The van der Waals surface area contributed by atoms with Crippen LogP contribution in [0.3, 0.4) is 0 Å². The summed E-state index contributed by atoms with van der Waals surface area (Å²) in [5, 5.41) is 2.27. The number of aromatic nitrogens is 1. The summed E-state index contributed by atoms with van der Waals surface area (Å²) in [6, 6.07) is 26.8. The molecule has 1 fully saturated rings. The van der Waals surface area contributed by atoms with Crippen LogP contribution in [0.15, 0.2) is 97.2 Å². The lowest BCUT2D eigenvalue weighted by molar-refractivity contribution is -0.163. The number of likely N-dealkylation sites (N-methyl/N-ethyl adjacent to an activating group) is 1. The number of ketones is 1. The molecule has 12 heteroatoms. The molecule has 1 unspecified atom stereocenters. The maximum absolute atomic E-state index is 12.4. The van der Waals surface area contributed by atoms with Crippen molar-refractivity contribution in [3.63, 3.8) is 0 Å². The Bertz CT molecular complexity index is 1750. The van der Waals surface area contributed by atoms with E-state index < -0.39 is 11.6 Å². The summed E-state index contributed by atoms with van der Waals surface area (Å²) in [5.41, 5.74) is 0.961. The van der Waals surface area contributed by atoms with E-state index >= 15 is 0 Å². The zero-order chi connectivity index (χ0) is 36.3. The largest absolute Gasteiger partial charge is 0.492 e. The molecular formula is C38H40ClN3O7S. The van der Waals surface area contributed by atoms with Crippen LogP contribution in [0.2, 0.25) is 5.02 Å². The standard InChI is InChI=1S/C20H21ClO4.C18H19N3O3S/c1-13(2)24-19(23)20(3,4)25-17-11-7-15(8-12-17)18(22)14-5-9-16(21)10-6-14;1-21(16-4-2-3-9-19-16)10-11-24-14-7-5-13(6-8-14)12-15-17(22)20-18(23)25-15/h5-13H,1-4H3;2-9,15H,10-12H2,1H3,(H,20,22,23). The van der Waals surface area contributed by atoms with Crippen molar-refractivity contribution in [2.24, 2.45) is 0 Å². The molecule has 0 spiro atoms. The average Bonchev–Trinajstić information content (AvgIpc) is 3.41. The van der Waals surface area contributed by atoms with E-state index in [1.807, 2.05) is 54.4 Å². The van der Waals surface area contributed by atoms with Crippen molar-refractivity contribution in [2.45, 2.75) is 51.1 Å². The van der Waals surface area contributed by atoms with Crippen molar-refractivity contribution in [1.82, 2.24) is 10.3 Å². The minimum absolute atomic E-state index is 0.110. The Kier molecular flexibility index (Phi) is 13.4. The number of amides is 2. The van der Waals surface area contributed by atoms with Crippen molar-refractivity contribution in [1.29, 1.82) is 0 Å². The van der Waals surface area contributed by atoms with E-state index in [-0.39, 0.29) is 28.3 Å². The van der Waals surface area contributed by atoms with Crippen molar-refractivity contribution in [3.8, 4) is 11.5 Å². The molecule has 2 amide bonds. The number of carbonyl (C=O) groups excluding carboxylic acids is 4. The van der Waals surface area contributed by atoms with Gasteiger partial charge in [-0.3, -0.25) is 19.7 Å². The van der Waals surface area contributed by atoms with E-state index in [0.29, 0.717) is 34.9 Å². The Morgan fingerprint density at radius 1 is 0.920 bits per heavy atom. The number of rotatable bonds is 13. The van der Waals surface area contributed by atoms with Crippen molar-refractivity contribution < 1.29 is 33.4 Å². The van der Waals surface area contributed by atoms with E-state index in [2.05, 4.69) is 10.3 Å². The molecule has 1 atom stereocenters. The third-order valence-corrected chi connectivity index (χ3v) is 8.51. The average molecular weight is 718 g/mol. The van der Waals surface area contributed by atoms with Gasteiger partial charge in [0.2, 0.25) is 5.91 Å². The van der Waals surface area contributed by atoms with E-state index in [1.54, 1.807) is 82.4 Å². The number of esters is 1. The van der Waals surface area contributed by atoms with Gasteiger partial charge in [0.15, 0.2) is 11.4 Å². The number of thioether (sulfide) groups is 1. The Labute approximate surface area is 301 Å². The molecule has 2 heterocycles. The summed E-state index contributed by atoms with van der Waals surface area (Å²) in [7, 11) is 1.97. The molecule has 3 aromatic carbocycles. The van der Waals surface area contributed by atoms with Crippen molar-refractivity contribution in [2.75, 3.05) is 25.1 Å². The van der Waals surface area contributed by atoms with Crippen LogP contribution >= 0.6 is 23.4 Å². The van der Waals surface area contributed by atoms with E-state index in [9.17, 15) is 19.2 Å². The van der Waals surface area contributed by atoms with Crippen molar-refractivity contribution >= 4 is 52.1 Å². The Hall–Kier alpha value is -4.87. The summed E-state index contributed by atoms with van der Waals surface area (Å²) in [6.07, 6.45) is 2.09. The van der Waals surface area contributed by atoms with Crippen LogP contribution in [-0.4, -0.2) is 65.0 Å². The maximum atomic E-state index is 12.4. The minimum Gasteiger partial charge on any atom is -0.492 e. The molecule has 1 saturated heterocycles. The van der Waals surface area contributed by atoms with E-state index in [1.165, 1.54) is 0 Å². The molecule has 5 rings (SSSR count). The first-order valence-corrected chi connectivity index (χ1v) is 17.2. The molecule has 0 aliphatic carbocycles. The molecule has 0 saturated carbocycles. The highest BCUT2D eigenvalue weighted by Gasteiger charge is 2.33. The van der Waals surface area contributed by atoms with Gasteiger partial charge in [-0.1, -0.05) is 41.6 Å². The molecule has 1 aliphatic rings. The normalized spacial score (nSPS) is 13.9. The Morgan fingerprint density at radius 2 is 1.54 bits per heavy atom. The first kappa shape index (κ1) is 37.9. The number of carbonyl (C=O) groups is 4. The van der Waals surface area contributed by atoms with Gasteiger partial charge >= 0.3 is 5.97 Å². The second-order valence-electron chi connectivity index (χ2n) is 12.1. The third-order valence-electron chi connectivity index (χ3n) is 7.28. The van der Waals surface area contributed by atoms with Gasteiger partial charge in [-0.15, -0.1) is 0 Å². The molecule has 1 aromatic heterocycles. The Morgan fingerprint density at radius 3 is 2.10 bits per heavy atom. The van der Waals surface area contributed by atoms with Gasteiger partial charge in [-0.05, 0) is 112 Å². The molecule has 10 nitrogen and oxygen atoms in total. The number of nitrogens with one attached hydrogen (secondary N) is 1. The minimum atomic E-state index is -1.12. The third kappa shape index (κ3) is 11.3. The predicted octanol–water partition coefficient (Wildman–Crippen LogP) is 7.17. The summed E-state index contributed by atoms with van der Waals surface area (Å²) < 4.78 is 16.7. The lowest BCUT2D eigenvalue weighted by Gasteiger charge is -2.25. The predicted molar refractivity (Wildman–Crippen MR) is 195 cm³/mol. The second kappa shape index (κ2) is 17.7.